The molecule has 0 atom stereocenters. The number of hydrogen-bond donors (Lipinski definition) is 2. The number of anilines is 1. The van der Waals surface area contributed by atoms with Gasteiger partial charge in [0.2, 0.25) is 0 Å². The Morgan fingerprint density at radius 1 is 1.03 bits per heavy atom. The van der Waals surface area contributed by atoms with Crippen LogP contribution in [-0.2, 0) is 17.5 Å². The number of carbonyl (C=O) groups is 2. The number of halogens is 5. The van der Waals surface area contributed by atoms with Gasteiger partial charge in [-0.3, -0.25) is 9.59 Å². The molecule has 2 aromatic carbocycles. The Morgan fingerprint density at radius 2 is 1.74 bits per heavy atom. The van der Waals surface area contributed by atoms with Gasteiger partial charge >= 0.3 is 6.18 Å². The maximum absolute atomic E-state index is 14.3. The van der Waals surface area contributed by atoms with Crippen LogP contribution in [0.1, 0.15) is 21.6 Å². The lowest BCUT2D eigenvalue weighted by Crippen LogP contribution is -2.26. The van der Waals surface area contributed by atoms with Crippen LogP contribution in [0.15, 0.2) is 60.8 Å². The largest absolute Gasteiger partial charge is 0.508 e. The van der Waals surface area contributed by atoms with Gasteiger partial charge in [-0.15, -0.1) is 0 Å². The monoisotopic (exact) mass is 507 g/mol. The second-order valence-electron chi connectivity index (χ2n) is 7.29. The molecule has 0 aliphatic rings. The summed E-state index contributed by atoms with van der Waals surface area (Å²) in [6.45, 7) is -0.262. The van der Waals surface area contributed by atoms with Crippen LogP contribution in [0, 0.1) is 0 Å². The van der Waals surface area contributed by atoms with Gasteiger partial charge in [0.25, 0.3) is 11.7 Å². The molecular formula is C23H14Cl2F3N3O3. The first kappa shape index (κ1) is 23.6. The molecule has 0 bridgehead atoms. The van der Waals surface area contributed by atoms with E-state index in [4.69, 9.17) is 23.2 Å². The zero-order valence-corrected chi connectivity index (χ0v) is 18.5. The third-order valence-corrected chi connectivity index (χ3v) is 5.45. The van der Waals surface area contributed by atoms with Crippen LogP contribution in [0.25, 0.3) is 10.9 Å². The molecule has 0 unspecified atom stereocenters. The predicted molar refractivity (Wildman–Crippen MR) is 121 cm³/mol. The average molecular weight is 508 g/mol. The molecule has 11 heteroatoms. The second kappa shape index (κ2) is 9.00. The number of rotatable bonds is 5. The number of fused-ring (bicyclic) bond motifs is 1. The van der Waals surface area contributed by atoms with Crippen LogP contribution >= 0.6 is 23.2 Å². The number of aromatic hydroxyl groups is 1. The minimum absolute atomic E-state index is 0.0168. The second-order valence-corrected chi connectivity index (χ2v) is 8.11. The Bertz CT molecular complexity index is 1420. The summed E-state index contributed by atoms with van der Waals surface area (Å²) in [5, 5.41) is 12.4. The van der Waals surface area contributed by atoms with Crippen LogP contribution < -0.4 is 5.32 Å². The van der Waals surface area contributed by atoms with Gasteiger partial charge in [-0.2, -0.15) is 13.2 Å². The zero-order chi connectivity index (χ0) is 24.6. The van der Waals surface area contributed by atoms with Gasteiger partial charge in [-0.05, 0) is 48.0 Å². The van der Waals surface area contributed by atoms with Crippen molar-refractivity contribution in [1.82, 2.24) is 9.55 Å². The summed E-state index contributed by atoms with van der Waals surface area (Å²) in [5.41, 5.74) is -1.60. The van der Waals surface area contributed by atoms with Crippen LogP contribution in [-0.4, -0.2) is 26.3 Å². The van der Waals surface area contributed by atoms with Crippen LogP contribution in [0.4, 0.5) is 18.9 Å². The van der Waals surface area contributed by atoms with Gasteiger partial charge in [-0.25, -0.2) is 4.98 Å². The molecule has 0 radical (unpaired) electrons. The molecule has 34 heavy (non-hydrogen) atoms. The Morgan fingerprint density at radius 3 is 2.38 bits per heavy atom. The van der Waals surface area contributed by atoms with Gasteiger partial charge in [0.05, 0.1) is 5.56 Å². The number of benzene rings is 2. The van der Waals surface area contributed by atoms with Crippen molar-refractivity contribution in [2.45, 2.75) is 12.7 Å². The van der Waals surface area contributed by atoms with Gasteiger partial charge < -0.3 is 15.0 Å². The number of hydrogen-bond acceptors (Lipinski definition) is 4. The first-order valence-electron chi connectivity index (χ1n) is 9.68. The fraction of sp³-hybridized carbons (Fsp3) is 0.0870. The summed E-state index contributed by atoms with van der Waals surface area (Å²) in [5.74, 6) is -3.09. The van der Waals surface area contributed by atoms with E-state index in [2.05, 4.69) is 10.3 Å². The minimum atomic E-state index is -4.99. The number of alkyl halides is 3. The highest BCUT2D eigenvalue weighted by Gasteiger charge is 2.42. The lowest BCUT2D eigenvalue weighted by molar-refractivity contribution is -0.143. The number of pyridine rings is 1. The first-order chi connectivity index (χ1) is 16.0. The number of aromatic nitrogens is 2. The molecule has 2 N–H and O–H groups in total. The summed E-state index contributed by atoms with van der Waals surface area (Å²) in [4.78, 5) is 29.5. The Kier molecular flexibility index (Phi) is 6.24. The van der Waals surface area contributed by atoms with Gasteiger partial charge in [0, 0.05) is 34.4 Å². The average Bonchev–Trinajstić information content (AvgIpc) is 3.08. The summed E-state index contributed by atoms with van der Waals surface area (Å²) in [7, 11) is 0. The number of phenols is 1. The predicted octanol–water partition coefficient (Wildman–Crippen LogP) is 5.94. The Balaban J connectivity index is 1.87. The number of carbonyl (C=O) groups excluding carboxylic acids is 2. The third-order valence-electron chi connectivity index (χ3n) is 4.99. The molecule has 0 fully saturated rings. The number of nitrogens with one attached hydrogen (secondary N) is 1. The lowest BCUT2D eigenvalue weighted by Gasteiger charge is -2.15. The van der Waals surface area contributed by atoms with Gasteiger partial charge in [0.1, 0.15) is 16.6 Å². The topological polar surface area (TPSA) is 84.2 Å². The third kappa shape index (κ3) is 4.71. The maximum atomic E-state index is 14.3. The van der Waals surface area contributed by atoms with E-state index in [1.54, 1.807) is 12.1 Å². The van der Waals surface area contributed by atoms with E-state index < -0.39 is 29.1 Å². The molecule has 174 valence electrons. The molecule has 0 aliphatic heterocycles. The van der Waals surface area contributed by atoms with E-state index in [9.17, 15) is 27.9 Å². The van der Waals surface area contributed by atoms with E-state index in [1.807, 2.05) is 0 Å². The standard InChI is InChI=1S/C23H14Cl2F3N3O3/c24-13-3-1-12(2-4-13)11-31-17-6-5-15(32)10-16(17)19(21(31)23(26,27)28)20(33)22(34)30-14-7-8-29-18(25)9-14/h1-10,32H,11H2,(H,29,30,34). The number of Topliss-reactive ketones (excluding diaryl/α,β-unsaturated/α-hetero) is 1. The van der Waals surface area contributed by atoms with Gasteiger partial charge in [-0.1, -0.05) is 35.3 Å². The molecule has 0 spiro atoms. The van der Waals surface area contributed by atoms with Crippen molar-refractivity contribution in [3.05, 3.63) is 87.8 Å². The molecule has 4 rings (SSSR count). The van der Waals surface area contributed by atoms with E-state index in [0.29, 0.717) is 10.6 Å². The number of ketones is 1. The molecule has 0 aliphatic carbocycles. The quantitative estimate of drug-likeness (QED) is 0.199. The lowest BCUT2D eigenvalue weighted by atomic mass is 10.0. The highest BCUT2D eigenvalue weighted by molar-refractivity contribution is 6.48. The van der Waals surface area contributed by atoms with E-state index in [0.717, 1.165) is 10.6 Å². The van der Waals surface area contributed by atoms with Crippen molar-refractivity contribution >= 4 is 51.5 Å². The van der Waals surface area contributed by atoms with Crippen molar-refractivity contribution in [2.24, 2.45) is 0 Å². The molecule has 2 heterocycles. The van der Waals surface area contributed by atoms with E-state index in [1.165, 1.54) is 42.6 Å². The SMILES string of the molecule is O=C(Nc1ccnc(Cl)c1)C(=O)c1c(C(F)(F)F)n(Cc2ccc(Cl)cc2)c2ccc(O)cc12. The number of nitrogens with zero attached hydrogens (tertiary/aromatic N) is 2. The van der Waals surface area contributed by atoms with Crippen molar-refractivity contribution in [1.29, 1.82) is 0 Å². The summed E-state index contributed by atoms with van der Waals surface area (Å²) < 4.78 is 43.8. The Hall–Kier alpha value is -3.56. The first-order valence-corrected chi connectivity index (χ1v) is 10.4. The zero-order valence-electron chi connectivity index (χ0n) is 17.0. The normalized spacial score (nSPS) is 11.6. The van der Waals surface area contributed by atoms with Gasteiger partial charge in [0.15, 0.2) is 0 Å². The van der Waals surface area contributed by atoms with Crippen molar-refractivity contribution in [3.63, 3.8) is 0 Å². The molecule has 1 amide bonds. The summed E-state index contributed by atoms with van der Waals surface area (Å²) >= 11 is 11.6. The summed E-state index contributed by atoms with van der Waals surface area (Å²) in [6, 6.07) is 12.2. The fourth-order valence-corrected chi connectivity index (χ4v) is 3.89. The highest BCUT2D eigenvalue weighted by atomic mass is 35.5. The molecular weight excluding hydrogens is 494 g/mol. The van der Waals surface area contributed by atoms with E-state index >= 15 is 0 Å². The van der Waals surface area contributed by atoms with Crippen LogP contribution in [0.2, 0.25) is 10.2 Å². The molecule has 2 aromatic heterocycles. The molecule has 4 aromatic rings. The summed E-state index contributed by atoms with van der Waals surface area (Å²) in [6.07, 6.45) is -3.73. The van der Waals surface area contributed by atoms with Crippen molar-refractivity contribution < 1.29 is 27.9 Å². The molecule has 0 saturated heterocycles. The number of phenolic OH excluding ortho intramolecular Hbond substituents is 1. The van der Waals surface area contributed by atoms with E-state index in [-0.39, 0.29) is 34.0 Å². The molecule has 0 saturated carbocycles. The fourth-order valence-electron chi connectivity index (χ4n) is 3.59. The minimum Gasteiger partial charge on any atom is -0.508 e. The maximum Gasteiger partial charge on any atom is 0.432 e. The van der Waals surface area contributed by atoms with Crippen LogP contribution in [0.5, 0.6) is 5.75 Å². The number of amides is 1. The smallest absolute Gasteiger partial charge is 0.432 e. The van der Waals surface area contributed by atoms with Crippen LogP contribution in [0.3, 0.4) is 0 Å². The van der Waals surface area contributed by atoms with Crippen molar-refractivity contribution in [3.8, 4) is 5.75 Å². The Labute approximate surface area is 200 Å². The highest BCUT2D eigenvalue weighted by Crippen LogP contribution is 2.40. The van der Waals surface area contributed by atoms with Crippen molar-refractivity contribution in [2.75, 3.05) is 5.32 Å². The molecule has 6 nitrogen and oxygen atoms in total.